The number of aliphatic hydroxyl groups excluding tert-OH is 1. The molecule has 1 amide bonds. The second-order valence-electron chi connectivity index (χ2n) is 6.19. The van der Waals surface area contributed by atoms with Crippen LogP contribution in [-0.2, 0) is 4.74 Å². The van der Waals surface area contributed by atoms with Crippen molar-refractivity contribution in [2.75, 3.05) is 36.0 Å². The minimum Gasteiger partial charge on any atom is -0.441 e. The van der Waals surface area contributed by atoms with Crippen LogP contribution < -0.4 is 9.80 Å². The summed E-state index contributed by atoms with van der Waals surface area (Å²) in [7, 11) is 0. The molecule has 7 heteroatoms. The third-order valence-corrected chi connectivity index (χ3v) is 4.63. The van der Waals surface area contributed by atoms with E-state index in [0.717, 1.165) is 5.69 Å². The van der Waals surface area contributed by atoms with Crippen LogP contribution >= 0.6 is 0 Å². The Morgan fingerprint density at radius 3 is 2.58 bits per heavy atom. The molecule has 3 rings (SSSR count). The Kier molecular flexibility index (Phi) is 4.86. The van der Waals surface area contributed by atoms with Crippen LogP contribution in [0.4, 0.5) is 20.6 Å². The van der Waals surface area contributed by atoms with E-state index in [0.29, 0.717) is 25.2 Å². The SMILES string of the molecule is N#CCC1CCN(c2ccc(N3CC(CO)OC3=O)cc2)CC1F. The second kappa shape index (κ2) is 7.05. The van der Waals surface area contributed by atoms with Gasteiger partial charge in [-0.1, -0.05) is 0 Å². The lowest BCUT2D eigenvalue weighted by molar-refractivity contribution is 0.0963. The molecule has 2 saturated heterocycles. The third kappa shape index (κ3) is 3.29. The average molecular weight is 333 g/mol. The minimum atomic E-state index is -1.00. The number of carbonyl (C=O) groups is 1. The van der Waals surface area contributed by atoms with Crippen molar-refractivity contribution >= 4 is 17.5 Å². The van der Waals surface area contributed by atoms with Crippen LogP contribution in [0.1, 0.15) is 12.8 Å². The van der Waals surface area contributed by atoms with Gasteiger partial charge < -0.3 is 14.7 Å². The maximum atomic E-state index is 14.1. The van der Waals surface area contributed by atoms with Gasteiger partial charge in [-0.2, -0.15) is 5.26 Å². The van der Waals surface area contributed by atoms with Crippen LogP contribution in [0.15, 0.2) is 24.3 Å². The van der Waals surface area contributed by atoms with Crippen molar-refractivity contribution in [2.24, 2.45) is 5.92 Å². The van der Waals surface area contributed by atoms with Gasteiger partial charge in [-0.3, -0.25) is 4.90 Å². The number of hydrogen-bond acceptors (Lipinski definition) is 5. The number of benzene rings is 1. The highest BCUT2D eigenvalue weighted by molar-refractivity contribution is 5.90. The number of carbonyl (C=O) groups excluding carboxylic acids is 1. The Labute approximate surface area is 140 Å². The van der Waals surface area contributed by atoms with Crippen LogP contribution in [0, 0.1) is 17.2 Å². The van der Waals surface area contributed by atoms with E-state index in [1.807, 2.05) is 23.1 Å². The number of nitriles is 1. The molecule has 2 fully saturated rings. The Bertz CT molecular complexity index is 631. The van der Waals surface area contributed by atoms with Crippen LogP contribution in [-0.4, -0.2) is 49.7 Å². The summed E-state index contributed by atoms with van der Waals surface area (Å²) in [4.78, 5) is 15.2. The van der Waals surface area contributed by atoms with Gasteiger partial charge in [-0.05, 0) is 30.7 Å². The number of rotatable bonds is 4. The highest BCUT2D eigenvalue weighted by Crippen LogP contribution is 2.29. The quantitative estimate of drug-likeness (QED) is 0.913. The summed E-state index contributed by atoms with van der Waals surface area (Å²) in [5, 5.41) is 17.8. The molecule has 0 bridgehead atoms. The highest BCUT2D eigenvalue weighted by Gasteiger charge is 2.32. The zero-order valence-corrected chi connectivity index (χ0v) is 13.3. The molecule has 24 heavy (non-hydrogen) atoms. The normalized spacial score (nSPS) is 27.0. The van der Waals surface area contributed by atoms with E-state index in [1.165, 1.54) is 4.90 Å². The van der Waals surface area contributed by atoms with E-state index in [4.69, 9.17) is 15.1 Å². The predicted molar refractivity (Wildman–Crippen MR) is 86.6 cm³/mol. The summed E-state index contributed by atoms with van der Waals surface area (Å²) < 4.78 is 19.2. The van der Waals surface area contributed by atoms with E-state index >= 15 is 0 Å². The molecule has 0 saturated carbocycles. The van der Waals surface area contributed by atoms with Gasteiger partial charge in [-0.25, -0.2) is 9.18 Å². The van der Waals surface area contributed by atoms with Gasteiger partial charge in [0.1, 0.15) is 12.3 Å². The first kappa shape index (κ1) is 16.5. The molecular weight excluding hydrogens is 313 g/mol. The molecule has 2 aliphatic rings. The zero-order chi connectivity index (χ0) is 17.1. The van der Waals surface area contributed by atoms with Crippen molar-refractivity contribution in [3.63, 3.8) is 0 Å². The molecule has 3 unspecified atom stereocenters. The molecule has 2 aliphatic heterocycles. The van der Waals surface area contributed by atoms with Crippen molar-refractivity contribution in [3.05, 3.63) is 24.3 Å². The maximum absolute atomic E-state index is 14.1. The lowest BCUT2D eigenvalue weighted by Gasteiger charge is -2.35. The van der Waals surface area contributed by atoms with E-state index < -0.39 is 18.4 Å². The summed E-state index contributed by atoms with van der Waals surface area (Å²) in [6, 6.07) is 9.35. The molecule has 0 aliphatic carbocycles. The fraction of sp³-hybridized carbons (Fsp3) is 0.529. The topological polar surface area (TPSA) is 76.8 Å². The van der Waals surface area contributed by atoms with Crippen molar-refractivity contribution in [1.29, 1.82) is 5.26 Å². The molecule has 2 heterocycles. The number of halogens is 1. The number of hydrogen-bond donors (Lipinski definition) is 1. The van der Waals surface area contributed by atoms with Gasteiger partial charge in [0.2, 0.25) is 0 Å². The molecule has 128 valence electrons. The molecule has 1 N–H and O–H groups in total. The van der Waals surface area contributed by atoms with E-state index in [9.17, 15) is 9.18 Å². The lowest BCUT2D eigenvalue weighted by atomic mass is 9.92. The standard InChI is InChI=1S/C17H20FN3O3/c18-16-10-20(8-6-12(16)5-7-19)13-1-3-14(4-2-13)21-9-15(11-22)24-17(21)23/h1-4,12,15-16,22H,5-6,8-11H2. The molecule has 6 nitrogen and oxygen atoms in total. The first-order valence-corrected chi connectivity index (χ1v) is 8.07. The number of aliphatic hydroxyl groups is 1. The van der Waals surface area contributed by atoms with Gasteiger partial charge in [0.15, 0.2) is 0 Å². The molecule has 1 aromatic rings. The second-order valence-corrected chi connectivity index (χ2v) is 6.19. The zero-order valence-electron chi connectivity index (χ0n) is 13.3. The number of alkyl halides is 1. The van der Waals surface area contributed by atoms with Crippen molar-refractivity contribution in [1.82, 2.24) is 0 Å². The number of anilines is 2. The van der Waals surface area contributed by atoms with Crippen molar-refractivity contribution in [2.45, 2.75) is 25.1 Å². The summed E-state index contributed by atoms with van der Waals surface area (Å²) in [5.74, 6) is -0.180. The number of amides is 1. The Morgan fingerprint density at radius 2 is 2.00 bits per heavy atom. The molecule has 1 aromatic carbocycles. The minimum absolute atomic E-state index is 0.180. The number of nitrogens with zero attached hydrogens (tertiary/aromatic N) is 3. The predicted octanol–water partition coefficient (Wildman–Crippen LogP) is 2.08. The summed E-state index contributed by atoms with van der Waals surface area (Å²) in [5.41, 5.74) is 1.58. The molecule has 0 aromatic heterocycles. The molecule has 3 atom stereocenters. The van der Waals surface area contributed by atoms with Crippen LogP contribution in [0.5, 0.6) is 0 Å². The average Bonchev–Trinajstić information content (AvgIpc) is 2.98. The van der Waals surface area contributed by atoms with Gasteiger partial charge in [-0.15, -0.1) is 0 Å². The van der Waals surface area contributed by atoms with E-state index in [-0.39, 0.29) is 25.5 Å². The van der Waals surface area contributed by atoms with Crippen molar-refractivity contribution in [3.8, 4) is 6.07 Å². The van der Waals surface area contributed by atoms with Crippen LogP contribution in [0.25, 0.3) is 0 Å². The van der Waals surface area contributed by atoms with Crippen LogP contribution in [0.2, 0.25) is 0 Å². The van der Waals surface area contributed by atoms with Crippen LogP contribution in [0.3, 0.4) is 0 Å². The largest absolute Gasteiger partial charge is 0.441 e. The Morgan fingerprint density at radius 1 is 1.29 bits per heavy atom. The van der Waals surface area contributed by atoms with Crippen molar-refractivity contribution < 1.29 is 19.0 Å². The number of piperidine rings is 1. The summed E-state index contributed by atoms with van der Waals surface area (Å²) >= 11 is 0. The number of cyclic esters (lactones) is 1. The highest BCUT2D eigenvalue weighted by atomic mass is 19.1. The van der Waals surface area contributed by atoms with Gasteiger partial charge in [0.25, 0.3) is 0 Å². The maximum Gasteiger partial charge on any atom is 0.414 e. The van der Waals surface area contributed by atoms with Gasteiger partial charge in [0, 0.05) is 36.8 Å². The lowest BCUT2D eigenvalue weighted by Crippen LogP contribution is -2.41. The first-order chi connectivity index (χ1) is 11.6. The number of ether oxygens (including phenoxy) is 1. The smallest absolute Gasteiger partial charge is 0.414 e. The van der Waals surface area contributed by atoms with E-state index in [2.05, 4.69) is 0 Å². The molecule has 0 radical (unpaired) electrons. The van der Waals surface area contributed by atoms with E-state index in [1.54, 1.807) is 12.1 Å². The molecule has 0 spiro atoms. The van der Waals surface area contributed by atoms with Gasteiger partial charge in [0.05, 0.1) is 19.2 Å². The Balaban J connectivity index is 1.65. The molecular formula is C17H20FN3O3. The first-order valence-electron chi connectivity index (χ1n) is 8.07. The van der Waals surface area contributed by atoms with Gasteiger partial charge >= 0.3 is 6.09 Å². The third-order valence-electron chi connectivity index (χ3n) is 4.63. The Hall–Kier alpha value is -2.33. The fourth-order valence-electron chi connectivity index (χ4n) is 3.21. The fourth-order valence-corrected chi connectivity index (χ4v) is 3.21. The summed E-state index contributed by atoms with van der Waals surface area (Å²) in [6.45, 7) is 1.12. The summed E-state index contributed by atoms with van der Waals surface area (Å²) in [6.07, 6.45) is -1.05. The monoisotopic (exact) mass is 333 g/mol.